The number of aromatic nitrogens is 3. The molecule has 3 nitrogen and oxygen atoms in total. The largest absolute Gasteiger partial charge is 0.254 e. The van der Waals surface area contributed by atoms with Crippen LogP contribution in [0.15, 0.2) is 128 Å². The van der Waals surface area contributed by atoms with Crippen molar-refractivity contribution in [1.29, 1.82) is 0 Å². The highest BCUT2D eigenvalue weighted by Crippen LogP contribution is 2.40. The van der Waals surface area contributed by atoms with Crippen LogP contribution in [-0.2, 0) is 0 Å². The van der Waals surface area contributed by atoms with E-state index in [9.17, 15) is 0 Å². The van der Waals surface area contributed by atoms with Gasteiger partial charge in [0.1, 0.15) is 0 Å². The van der Waals surface area contributed by atoms with Crippen molar-refractivity contribution in [2.75, 3.05) is 0 Å². The predicted molar refractivity (Wildman–Crippen MR) is 174 cm³/mol. The van der Waals surface area contributed by atoms with Gasteiger partial charge in [-0.1, -0.05) is 78.9 Å². The van der Waals surface area contributed by atoms with Crippen molar-refractivity contribution in [2.45, 2.75) is 0 Å². The molecule has 190 valence electrons. The van der Waals surface area contributed by atoms with E-state index in [2.05, 4.69) is 120 Å². The third-order valence-corrected chi connectivity index (χ3v) is 9.25. The summed E-state index contributed by atoms with van der Waals surface area (Å²) in [5, 5.41) is 8.31. The van der Waals surface area contributed by atoms with E-state index < -0.39 is 0 Å². The molecule has 0 aliphatic carbocycles. The molecule has 0 fully saturated rings. The zero-order valence-electron chi connectivity index (χ0n) is 21.9. The van der Waals surface area contributed by atoms with Crippen molar-refractivity contribution in [3.05, 3.63) is 128 Å². The van der Waals surface area contributed by atoms with E-state index in [0.29, 0.717) is 0 Å². The fraction of sp³-hybridized carbons (Fsp3) is 0. The van der Waals surface area contributed by atoms with Crippen LogP contribution in [0.3, 0.4) is 0 Å². The van der Waals surface area contributed by atoms with Crippen molar-refractivity contribution < 1.29 is 0 Å². The van der Waals surface area contributed by atoms with Gasteiger partial charge >= 0.3 is 0 Å². The Balaban J connectivity index is 1.23. The van der Waals surface area contributed by atoms with Gasteiger partial charge in [0.2, 0.25) is 0 Å². The Morgan fingerprint density at radius 2 is 1.12 bits per heavy atom. The fourth-order valence-corrected chi connectivity index (χ4v) is 7.32. The number of nitrogens with zero attached hydrogens (tertiary/aromatic N) is 3. The average molecular weight is 540 g/mol. The van der Waals surface area contributed by atoms with Gasteiger partial charge in [-0.05, 0) is 53.2 Å². The van der Waals surface area contributed by atoms with E-state index in [1.807, 2.05) is 23.6 Å². The smallest absolute Gasteiger partial charge is 0.0972 e. The number of benzene rings is 5. The molecule has 0 saturated carbocycles. The highest BCUT2D eigenvalue weighted by molar-refractivity contribution is 7.26. The fourth-order valence-electron chi connectivity index (χ4n) is 6.20. The molecule has 0 saturated heterocycles. The summed E-state index contributed by atoms with van der Waals surface area (Å²) in [6.45, 7) is 0. The van der Waals surface area contributed by atoms with Gasteiger partial charge < -0.3 is 0 Å². The molecule has 5 aromatic carbocycles. The van der Waals surface area contributed by atoms with Crippen LogP contribution in [0.5, 0.6) is 0 Å². The highest BCUT2D eigenvalue weighted by atomic mass is 32.1. The molecule has 4 heteroatoms. The van der Waals surface area contributed by atoms with Crippen LogP contribution in [-0.4, -0.2) is 15.0 Å². The normalized spacial score (nSPS) is 11.9. The minimum Gasteiger partial charge on any atom is -0.254 e. The number of hydrogen-bond acceptors (Lipinski definition) is 4. The standard InChI is InChI=1S/C37H21N3S/c1-2-8-25-24(7-1)26(14-15-27(25)31-17-13-23-12-11-22-6-5-21-38-36(22)37(23)40-31)30-18-16-28-32(39-30)19-20-34-35(28)29-9-3-4-10-33(29)41-34/h1-21H. The van der Waals surface area contributed by atoms with Gasteiger partial charge in [-0.15, -0.1) is 11.3 Å². The average Bonchev–Trinajstić information content (AvgIpc) is 3.43. The van der Waals surface area contributed by atoms with Crippen molar-refractivity contribution in [3.8, 4) is 22.5 Å². The van der Waals surface area contributed by atoms with E-state index in [1.54, 1.807) is 0 Å². The van der Waals surface area contributed by atoms with Gasteiger partial charge in [0, 0.05) is 53.7 Å². The van der Waals surface area contributed by atoms with Crippen LogP contribution >= 0.6 is 11.3 Å². The van der Waals surface area contributed by atoms with E-state index in [1.165, 1.54) is 25.6 Å². The summed E-state index contributed by atoms with van der Waals surface area (Å²) in [4.78, 5) is 15.0. The highest BCUT2D eigenvalue weighted by Gasteiger charge is 2.14. The van der Waals surface area contributed by atoms with E-state index in [4.69, 9.17) is 9.97 Å². The minimum absolute atomic E-state index is 0.928. The van der Waals surface area contributed by atoms with Crippen molar-refractivity contribution in [2.24, 2.45) is 0 Å². The number of fused-ring (bicyclic) bond motifs is 9. The summed E-state index contributed by atoms with van der Waals surface area (Å²) in [5.41, 5.74) is 7.01. The third kappa shape index (κ3) is 3.41. The van der Waals surface area contributed by atoms with Gasteiger partial charge in [0.15, 0.2) is 0 Å². The lowest BCUT2D eigenvalue weighted by Gasteiger charge is -2.13. The molecular formula is C37H21N3S. The number of thiophene rings is 1. The first kappa shape index (κ1) is 22.6. The zero-order valence-corrected chi connectivity index (χ0v) is 22.7. The molecule has 4 aromatic heterocycles. The first-order valence-corrected chi connectivity index (χ1v) is 14.5. The first-order chi connectivity index (χ1) is 20.3. The Bertz CT molecular complexity index is 2490. The van der Waals surface area contributed by atoms with Crippen molar-refractivity contribution in [3.63, 3.8) is 0 Å². The molecule has 9 aromatic rings. The molecule has 4 heterocycles. The number of pyridine rings is 3. The van der Waals surface area contributed by atoms with Crippen LogP contribution in [0.1, 0.15) is 0 Å². The summed E-state index contributed by atoms with van der Waals surface area (Å²) < 4.78 is 2.61. The Morgan fingerprint density at radius 3 is 1.95 bits per heavy atom. The summed E-state index contributed by atoms with van der Waals surface area (Å²) in [6.07, 6.45) is 1.84. The lowest BCUT2D eigenvalue weighted by molar-refractivity contribution is 1.37. The minimum atomic E-state index is 0.928. The Hall–Kier alpha value is -5.19. The van der Waals surface area contributed by atoms with Gasteiger partial charge in [-0.3, -0.25) is 4.98 Å². The lowest BCUT2D eigenvalue weighted by atomic mass is 9.95. The Kier molecular flexibility index (Phi) is 4.77. The maximum atomic E-state index is 5.19. The first-order valence-electron chi connectivity index (χ1n) is 13.7. The van der Waals surface area contributed by atoms with Crippen LogP contribution < -0.4 is 0 Å². The van der Waals surface area contributed by atoms with Gasteiger partial charge in [0.25, 0.3) is 0 Å². The quantitative estimate of drug-likeness (QED) is 0.205. The molecule has 41 heavy (non-hydrogen) atoms. The second-order valence-electron chi connectivity index (χ2n) is 10.4. The monoisotopic (exact) mass is 539 g/mol. The molecule has 0 bridgehead atoms. The van der Waals surface area contributed by atoms with E-state index in [0.717, 1.165) is 60.6 Å². The second kappa shape index (κ2) is 8.65. The molecule has 9 rings (SSSR count). The van der Waals surface area contributed by atoms with Gasteiger partial charge in [-0.2, -0.15) is 0 Å². The predicted octanol–water partition coefficient (Wildman–Crippen LogP) is 10.2. The van der Waals surface area contributed by atoms with Crippen molar-refractivity contribution >= 4 is 75.0 Å². The molecule has 0 spiro atoms. The molecular weight excluding hydrogens is 518 g/mol. The van der Waals surface area contributed by atoms with Gasteiger partial charge in [0.05, 0.1) is 27.9 Å². The zero-order chi connectivity index (χ0) is 26.9. The molecule has 0 atom stereocenters. The summed E-state index contributed by atoms with van der Waals surface area (Å²) in [7, 11) is 0. The Labute approximate surface area is 239 Å². The summed E-state index contributed by atoms with van der Waals surface area (Å²) in [5.74, 6) is 0. The van der Waals surface area contributed by atoms with Crippen molar-refractivity contribution in [1.82, 2.24) is 15.0 Å². The van der Waals surface area contributed by atoms with Crippen LogP contribution in [0.4, 0.5) is 0 Å². The molecule has 0 unspecified atom stereocenters. The van der Waals surface area contributed by atoms with Crippen LogP contribution in [0.2, 0.25) is 0 Å². The maximum Gasteiger partial charge on any atom is 0.0972 e. The van der Waals surface area contributed by atoms with Crippen LogP contribution in [0, 0.1) is 0 Å². The molecule has 0 aliphatic rings. The molecule has 0 radical (unpaired) electrons. The lowest BCUT2D eigenvalue weighted by Crippen LogP contribution is -1.92. The molecule has 0 N–H and O–H groups in total. The number of rotatable bonds is 2. The molecule has 0 aliphatic heterocycles. The Morgan fingerprint density at radius 1 is 0.439 bits per heavy atom. The summed E-state index contributed by atoms with van der Waals surface area (Å²) >= 11 is 1.84. The number of hydrogen-bond donors (Lipinski definition) is 0. The topological polar surface area (TPSA) is 38.7 Å². The third-order valence-electron chi connectivity index (χ3n) is 8.12. The molecule has 0 amide bonds. The summed E-state index contributed by atoms with van der Waals surface area (Å²) in [6, 6.07) is 42.9. The maximum absolute atomic E-state index is 5.19. The second-order valence-corrected chi connectivity index (χ2v) is 11.5. The van der Waals surface area contributed by atoms with E-state index >= 15 is 0 Å². The SMILES string of the molecule is c1cnc2c(c1)ccc1ccc(-c3ccc(-c4ccc5c(ccc6sc7ccccc7c65)n4)c4ccccc34)nc12. The van der Waals surface area contributed by atoms with Gasteiger partial charge in [-0.25, -0.2) is 9.97 Å². The van der Waals surface area contributed by atoms with E-state index in [-0.39, 0.29) is 0 Å². The van der Waals surface area contributed by atoms with Crippen LogP contribution in [0.25, 0.3) is 86.2 Å².